The molecular weight excluding hydrogens is 233 g/mol. The number of aryl methyl sites for hydroxylation is 1. The third kappa shape index (κ3) is 3.73. The van der Waals surface area contributed by atoms with Crippen molar-refractivity contribution in [3.05, 3.63) is 34.3 Å². The van der Waals surface area contributed by atoms with E-state index in [-0.39, 0.29) is 5.91 Å². The molecule has 1 amide bonds. The maximum atomic E-state index is 11.7. The normalized spacial score (nSPS) is 10.1. The molecule has 0 unspecified atom stereocenters. The van der Waals surface area contributed by atoms with Crippen molar-refractivity contribution < 1.29 is 4.79 Å². The minimum Gasteiger partial charge on any atom is -0.352 e. The van der Waals surface area contributed by atoms with Crippen LogP contribution in [0.4, 0.5) is 0 Å². The summed E-state index contributed by atoms with van der Waals surface area (Å²) in [6.07, 6.45) is 0.778. The van der Waals surface area contributed by atoms with Gasteiger partial charge in [-0.3, -0.25) is 4.79 Å². The van der Waals surface area contributed by atoms with Gasteiger partial charge >= 0.3 is 0 Å². The van der Waals surface area contributed by atoms with Crippen LogP contribution in [-0.2, 0) is 0 Å². The topological polar surface area (TPSA) is 29.1 Å². The summed E-state index contributed by atoms with van der Waals surface area (Å²) in [7, 11) is 0. The molecule has 0 atom stereocenters. The lowest BCUT2D eigenvalue weighted by molar-refractivity contribution is 0.0953. The number of hydrogen-bond donors (Lipinski definition) is 1. The van der Waals surface area contributed by atoms with Gasteiger partial charge in [-0.05, 0) is 37.1 Å². The zero-order valence-electron chi connectivity index (χ0n) is 8.52. The molecule has 0 aliphatic carbocycles. The number of nitrogens with one attached hydrogen (secondary N) is 1. The Bertz CT molecular complexity index is 352. The zero-order chi connectivity index (χ0) is 11.3. The van der Waals surface area contributed by atoms with Crippen molar-refractivity contribution in [1.29, 1.82) is 0 Å². The van der Waals surface area contributed by atoms with Crippen LogP contribution in [-0.4, -0.2) is 18.3 Å². The summed E-state index contributed by atoms with van der Waals surface area (Å²) in [6.45, 7) is 2.47. The van der Waals surface area contributed by atoms with Crippen molar-refractivity contribution in [3.63, 3.8) is 0 Å². The Balaban J connectivity index is 2.65. The number of carbonyl (C=O) groups is 1. The van der Waals surface area contributed by atoms with Gasteiger partial charge in [0, 0.05) is 23.0 Å². The van der Waals surface area contributed by atoms with Crippen molar-refractivity contribution in [2.45, 2.75) is 13.3 Å². The highest BCUT2D eigenvalue weighted by Gasteiger charge is 2.07. The Morgan fingerprint density at radius 2 is 2.20 bits per heavy atom. The molecule has 0 radical (unpaired) electrons. The van der Waals surface area contributed by atoms with Crippen LogP contribution < -0.4 is 5.32 Å². The summed E-state index contributed by atoms with van der Waals surface area (Å²) in [5, 5.41) is 3.44. The second-order valence-electron chi connectivity index (χ2n) is 3.26. The van der Waals surface area contributed by atoms with Crippen molar-refractivity contribution in [3.8, 4) is 0 Å². The molecule has 1 rings (SSSR count). The van der Waals surface area contributed by atoms with E-state index in [1.807, 2.05) is 6.92 Å². The van der Waals surface area contributed by atoms with Crippen LogP contribution in [0.2, 0.25) is 5.02 Å². The molecule has 4 heteroatoms. The summed E-state index contributed by atoms with van der Waals surface area (Å²) in [5.41, 5.74) is 1.54. The number of hydrogen-bond acceptors (Lipinski definition) is 1. The van der Waals surface area contributed by atoms with Crippen LogP contribution in [0, 0.1) is 6.92 Å². The summed E-state index contributed by atoms with van der Waals surface area (Å²) < 4.78 is 0. The molecule has 0 spiro atoms. The lowest BCUT2D eigenvalue weighted by atomic mass is 10.1. The molecule has 0 aromatic heterocycles. The fourth-order valence-electron chi connectivity index (χ4n) is 1.25. The molecule has 1 aromatic rings. The zero-order valence-corrected chi connectivity index (χ0v) is 10.0. The molecule has 0 bridgehead atoms. The van der Waals surface area contributed by atoms with Gasteiger partial charge < -0.3 is 5.32 Å². The maximum Gasteiger partial charge on any atom is 0.251 e. The molecule has 0 aliphatic heterocycles. The minimum atomic E-state index is -0.0747. The molecule has 15 heavy (non-hydrogen) atoms. The van der Waals surface area contributed by atoms with Crippen molar-refractivity contribution in [1.82, 2.24) is 5.32 Å². The largest absolute Gasteiger partial charge is 0.352 e. The molecule has 0 saturated carbocycles. The van der Waals surface area contributed by atoms with Gasteiger partial charge in [-0.25, -0.2) is 0 Å². The van der Waals surface area contributed by atoms with Crippen LogP contribution in [0.25, 0.3) is 0 Å². The number of carbonyl (C=O) groups excluding carboxylic acids is 1. The summed E-state index contributed by atoms with van der Waals surface area (Å²) >= 11 is 11.3. The van der Waals surface area contributed by atoms with E-state index in [9.17, 15) is 4.79 Å². The van der Waals surface area contributed by atoms with Gasteiger partial charge in [-0.15, -0.1) is 11.6 Å². The van der Waals surface area contributed by atoms with Crippen LogP contribution >= 0.6 is 23.2 Å². The molecule has 1 aromatic carbocycles. The maximum absolute atomic E-state index is 11.7. The summed E-state index contributed by atoms with van der Waals surface area (Å²) in [6, 6.07) is 5.22. The first kappa shape index (κ1) is 12.3. The predicted octanol–water partition coefficient (Wildman–Crippen LogP) is 3.01. The van der Waals surface area contributed by atoms with E-state index in [1.54, 1.807) is 18.2 Å². The van der Waals surface area contributed by atoms with E-state index in [4.69, 9.17) is 23.2 Å². The lowest BCUT2D eigenvalue weighted by Gasteiger charge is -2.06. The summed E-state index contributed by atoms with van der Waals surface area (Å²) in [4.78, 5) is 11.7. The quantitative estimate of drug-likeness (QED) is 0.642. The first-order valence-electron chi connectivity index (χ1n) is 4.75. The van der Waals surface area contributed by atoms with Crippen LogP contribution in [0.15, 0.2) is 18.2 Å². The molecule has 0 fully saturated rings. The predicted molar refractivity (Wildman–Crippen MR) is 63.9 cm³/mol. The summed E-state index contributed by atoms with van der Waals surface area (Å²) in [5.74, 6) is 0.481. The highest BCUT2D eigenvalue weighted by Crippen LogP contribution is 2.14. The van der Waals surface area contributed by atoms with Crippen LogP contribution in [0.1, 0.15) is 22.3 Å². The van der Waals surface area contributed by atoms with E-state index < -0.39 is 0 Å². The second-order valence-corrected chi connectivity index (χ2v) is 4.07. The first-order chi connectivity index (χ1) is 7.15. The number of amides is 1. The monoisotopic (exact) mass is 245 g/mol. The van der Waals surface area contributed by atoms with Gasteiger partial charge in [0.2, 0.25) is 0 Å². The average molecular weight is 246 g/mol. The van der Waals surface area contributed by atoms with E-state index >= 15 is 0 Å². The van der Waals surface area contributed by atoms with E-state index in [0.29, 0.717) is 23.0 Å². The Labute approximate surface area is 99.6 Å². The number of halogens is 2. The van der Waals surface area contributed by atoms with E-state index in [1.165, 1.54) is 0 Å². The fraction of sp³-hybridized carbons (Fsp3) is 0.364. The number of alkyl halides is 1. The minimum absolute atomic E-state index is 0.0747. The smallest absolute Gasteiger partial charge is 0.251 e. The van der Waals surface area contributed by atoms with Gasteiger partial charge in [-0.2, -0.15) is 0 Å². The molecule has 1 N–H and O–H groups in total. The van der Waals surface area contributed by atoms with Crippen LogP contribution in [0.3, 0.4) is 0 Å². The highest BCUT2D eigenvalue weighted by molar-refractivity contribution is 6.30. The van der Waals surface area contributed by atoms with E-state index in [2.05, 4.69) is 5.32 Å². The van der Waals surface area contributed by atoms with Crippen LogP contribution in [0.5, 0.6) is 0 Å². The average Bonchev–Trinajstić information content (AvgIpc) is 2.17. The number of benzene rings is 1. The second kappa shape index (κ2) is 5.99. The standard InChI is InChI=1S/C11H13Cl2NO/c1-8-7-9(13)3-4-10(8)11(15)14-6-2-5-12/h3-4,7H,2,5-6H2,1H3,(H,14,15). The van der Waals surface area contributed by atoms with Crippen molar-refractivity contribution in [2.75, 3.05) is 12.4 Å². The third-order valence-electron chi connectivity index (χ3n) is 2.03. The van der Waals surface area contributed by atoms with Gasteiger partial charge in [0.15, 0.2) is 0 Å². The number of rotatable bonds is 4. The van der Waals surface area contributed by atoms with Crippen molar-refractivity contribution in [2.24, 2.45) is 0 Å². The Hall–Kier alpha value is -0.730. The Kier molecular flexibility index (Phi) is 4.92. The fourth-order valence-corrected chi connectivity index (χ4v) is 1.61. The molecule has 0 heterocycles. The van der Waals surface area contributed by atoms with E-state index in [0.717, 1.165) is 12.0 Å². The van der Waals surface area contributed by atoms with Gasteiger partial charge in [0.1, 0.15) is 0 Å². The van der Waals surface area contributed by atoms with Crippen molar-refractivity contribution >= 4 is 29.1 Å². The molecule has 0 saturated heterocycles. The molecule has 2 nitrogen and oxygen atoms in total. The SMILES string of the molecule is Cc1cc(Cl)ccc1C(=O)NCCCCl. The third-order valence-corrected chi connectivity index (χ3v) is 2.53. The molecule has 0 aliphatic rings. The first-order valence-corrected chi connectivity index (χ1v) is 5.66. The van der Waals surface area contributed by atoms with Gasteiger partial charge in [-0.1, -0.05) is 11.6 Å². The van der Waals surface area contributed by atoms with Gasteiger partial charge in [0.25, 0.3) is 5.91 Å². The Morgan fingerprint density at radius 3 is 2.80 bits per heavy atom. The molecular formula is C11H13Cl2NO. The van der Waals surface area contributed by atoms with Gasteiger partial charge in [0.05, 0.1) is 0 Å². The molecule has 82 valence electrons. The Morgan fingerprint density at radius 1 is 1.47 bits per heavy atom. The highest BCUT2D eigenvalue weighted by atomic mass is 35.5. The lowest BCUT2D eigenvalue weighted by Crippen LogP contribution is -2.25.